The minimum absolute atomic E-state index is 0.0105. The quantitative estimate of drug-likeness (QED) is 0.489. The first-order chi connectivity index (χ1) is 10.3. The molecule has 0 saturated heterocycles. The molecule has 0 N–H and O–H groups in total. The van der Waals surface area contributed by atoms with E-state index in [0.717, 1.165) is 35.6 Å². The van der Waals surface area contributed by atoms with Crippen molar-refractivity contribution < 1.29 is 4.39 Å². The minimum atomic E-state index is -0.0105. The molecule has 2 aromatic carbocycles. The SMILES string of the molecule is CCCCCc1ccc2c(F)c(CCCCC)ccc2c1. The van der Waals surface area contributed by atoms with Crippen LogP contribution in [0.25, 0.3) is 10.8 Å². The van der Waals surface area contributed by atoms with E-state index in [9.17, 15) is 4.39 Å². The molecule has 0 spiro atoms. The van der Waals surface area contributed by atoms with E-state index in [1.165, 1.54) is 37.7 Å². The van der Waals surface area contributed by atoms with E-state index >= 15 is 0 Å². The van der Waals surface area contributed by atoms with Crippen LogP contribution in [0, 0.1) is 5.82 Å². The van der Waals surface area contributed by atoms with Crippen LogP contribution in [0.5, 0.6) is 0 Å². The van der Waals surface area contributed by atoms with Crippen LogP contribution in [-0.2, 0) is 12.8 Å². The highest BCUT2D eigenvalue weighted by Gasteiger charge is 2.07. The molecule has 0 aromatic heterocycles. The van der Waals surface area contributed by atoms with Gasteiger partial charge in [-0.15, -0.1) is 0 Å². The smallest absolute Gasteiger partial charge is 0.134 e. The van der Waals surface area contributed by atoms with Gasteiger partial charge < -0.3 is 0 Å². The third-order valence-corrected chi connectivity index (χ3v) is 4.22. The van der Waals surface area contributed by atoms with Crippen LogP contribution < -0.4 is 0 Å². The summed E-state index contributed by atoms with van der Waals surface area (Å²) in [5, 5.41) is 1.82. The van der Waals surface area contributed by atoms with Gasteiger partial charge in [0.15, 0.2) is 0 Å². The zero-order valence-electron chi connectivity index (χ0n) is 13.4. The monoisotopic (exact) mass is 286 g/mol. The summed E-state index contributed by atoms with van der Waals surface area (Å²) in [5.41, 5.74) is 2.20. The molecule has 0 atom stereocenters. The molecule has 0 nitrogen and oxygen atoms in total. The summed E-state index contributed by atoms with van der Waals surface area (Å²) < 4.78 is 14.5. The molecular formula is C20H27F. The van der Waals surface area contributed by atoms with E-state index in [1.807, 2.05) is 12.1 Å². The van der Waals surface area contributed by atoms with Crippen molar-refractivity contribution in [3.8, 4) is 0 Å². The summed E-state index contributed by atoms with van der Waals surface area (Å²) in [6.07, 6.45) is 9.11. The molecule has 0 aliphatic rings. The van der Waals surface area contributed by atoms with Crippen LogP contribution >= 0.6 is 0 Å². The number of rotatable bonds is 8. The normalized spacial score (nSPS) is 11.2. The van der Waals surface area contributed by atoms with Crippen LogP contribution in [0.15, 0.2) is 30.3 Å². The van der Waals surface area contributed by atoms with Gasteiger partial charge in [-0.05, 0) is 42.2 Å². The van der Waals surface area contributed by atoms with Crippen LogP contribution in [-0.4, -0.2) is 0 Å². The van der Waals surface area contributed by atoms with Crippen LogP contribution in [0.4, 0.5) is 4.39 Å². The molecule has 0 aliphatic heterocycles. The second-order valence-electron chi connectivity index (χ2n) is 6.01. The van der Waals surface area contributed by atoms with Gasteiger partial charge in [-0.1, -0.05) is 69.9 Å². The summed E-state index contributed by atoms with van der Waals surface area (Å²) in [6.45, 7) is 4.40. The number of unbranched alkanes of at least 4 members (excludes halogenated alkanes) is 4. The van der Waals surface area contributed by atoms with Gasteiger partial charge in [-0.3, -0.25) is 0 Å². The Morgan fingerprint density at radius 2 is 1.52 bits per heavy atom. The first kappa shape index (κ1) is 16.0. The topological polar surface area (TPSA) is 0 Å². The van der Waals surface area contributed by atoms with E-state index in [1.54, 1.807) is 0 Å². The second-order valence-corrected chi connectivity index (χ2v) is 6.01. The molecule has 0 fully saturated rings. The van der Waals surface area contributed by atoms with Crippen molar-refractivity contribution in [3.05, 3.63) is 47.3 Å². The number of halogens is 1. The fraction of sp³-hybridized carbons (Fsp3) is 0.500. The largest absolute Gasteiger partial charge is 0.206 e. The van der Waals surface area contributed by atoms with Gasteiger partial charge in [-0.2, -0.15) is 0 Å². The maximum atomic E-state index is 14.5. The van der Waals surface area contributed by atoms with E-state index < -0.39 is 0 Å². The summed E-state index contributed by atoms with van der Waals surface area (Å²) in [4.78, 5) is 0. The molecule has 0 aliphatic carbocycles. The summed E-state index contributed by atoms with van der Waals surface area (Å²) >= 11 is 0. The van der Waals surface area contributed by atoms with Crippen molar-refractivity contribution in [2.45, 2.75) is 65.2 Å². The lowest BCUT2D eigenvalue weighted by Gasteiger charge is -2.08. The van der Waals surface area contributed by atoms with Gasteiger partial charge in [0.2, 0.25) is 0 Å². The van der Waals surface area contributed by atoms with Crippen LogP contribution in [0.1, 0.15) is 63.5 Å². The molecule has 1 heteroatoms. The molecule has 21 heavy (non-hydrogen) atoms. The van der Waals surface area contributed by atoms with Crippen LogP contribution in [0.3, 0.4) is 0 Å². The predicted octanol–water partition coefficient (Wildman–Crippen LogP) is 6.44. The first-order valence-electron chi connectivity index (χ1n) is 8.46. The van der Waals surface area contributed by atoms with Gasteiger partial charge in [0.1, 0.15) is 5.82 Å². The van der Waals surface area contributed by atoms with E-state index in [-0.39, 0.29) is 5.82 Å². The highest BCUT2D eigenvalue weighted by atomic mass is 19.1. The van der Waals surface area contributed by atoms with Crippen molar-refractivity contribution >= 4 is 10.8 Å². The molecule has 114 valence electrons. The number of hydrogen-bond acceptors (Lipinski definition) is 0. The van der Waals surface area contributed by atoms with E-state index in [2.05, 4.69) is 32.0 Å². The Bertz CT molecular complexity index is 571. The Labute approximate surface area is 128 Å². The Balaban J connectivity index is 2.15. The summed E-state index contributed by atoms with van der Waals surface area (Å²) in [5.74, 6) is -0.0105. The zero-order valence-corrected chi connectivity index (χ0v) is 13.4. The molecule has 0 unspecified atom stereocenters. The molecule has 0 bridgehead atoms. The minimum Gasteiger partial charge on any atom is -0.206 e. The number of aryl methyl sites for hydroxylation is 2. The van der Waals surface area contributed by atoms with Crippen molar-refractivity contribution in [1.82, 2.24) is 0 Å². The number of benzene rings is 2. The Hall–Kier alpha value is -1.37. The lowest BCUT2D eigenvalue weighted by Crippen LogP contribution is -1.93. The summed E-state index contributed by atoms with van der Waals surface area (Å²) in [6, 6.07) is 10.3. The Morgan fingerprint density at radius 1 is 0.810 bits per heavy atom. The molecule has 0 heterocycles. The number of fused-ring (bicyclic) bond motifs is 1. The van der Waals surface area contributed by atoms with Crippen molar-refractivity contribution in [2.75, 3.05) is 0 Å². The maximum absolute atomic E-state index is 14.5. The highest BCUT2D eigenvalue weighted by molar-refractivity contribution is 5.84. The molecule has 0 saturated carbocycles. The second kappa shape index (κ2) is 8.17. The third kappa shape index (κ3) is 4.30. The average Bonchev–Trinajstić information content (AvgIpc) is 2.50. The fourth-order valence-electron chi connectivity index (χ4n) is 2.88. The van der Waals surface area contributed by atoms with E-state index in [0.29, 0.717) is 0 Å². The molecule has 2 rings (SSSR count). The van der Waals surface area contributed by atoms with Gasteiger partial charge in [-0.25, -0.2) is 4.39 Å². The lowest BCUT2D eigenvalue weighted by atomic mass is 9.98. The molecule has 0 radical (unpaired) electrons. The average molecular weight is 286 g/mol. The van der Waals surface area contributed by atoms with Gasteiger partial charge in [0, 0.05) is 5.39 Å². The zero-order chi connectivity index (χ0) is 15.1. The molecular weight excluding hydrogens is 259 g/mol. The highest BCUT2D eigenvalue weighted by Crippen LogP contribution is 2.24. The van der Waals surface area contributed by atoms with Crippen molar-refractivity contribution in [2.24, 2.45) is 0 Å². The van der Waals surface area contributed by atoms with Crippen molar-refractivity contribution in [3.63, 3.8) is 0 Å². The molecule has 0 amide bonds. The van der Waals surface area contributed by atoms with Gasteiger partial charge in [0.05, 0.1) is 0 Å². The van der Waals surface area contributed by atoms with E-state index in [4.69, 9.17) is 0 Å². The van der Waals surface area contributed by atoms with Gasteiger partial charge >= 0.3 is 0 Å². The Morgan fingerprint density at radius 3 is 2.24 bits per heavy atom. The lowest BCUT2D eigenvalue weighted by molar-refractivity contribution is 0.609. The fourth-order valence-corrected chi connectivity index (χ4v) is 2.88. The van der Waals surface area contributed by atoms with Gasteiger partial charge in [0.25, 0.3) is 0 Å². The van der Waals surface area contributed by atoms with Crippen LogP contribution in [0.2, 0.25) is 0 Å². The van der Waals surface area contributed by atoms with Crippen molar-refractivity contribution in [1.29, 1.82) is 0 Å². The number of hydrogen-bond donors (Lipinski definition) is 0. The maximum Gasteiger partial charge on any atom is 0.134 e. The molecule has 2 aromatic rings. The Kier molecular flexibility index (Phi) is 6.22. The predicted molar refractivity (Wildman–Crippen MR) is 90.4 cm³/mol. The standard InChI is InChI=1S/C20H27F/c1-3-5-7-9-16-11-14-19-18(15-16)13-12-17(20(19)21)10-8-6-4-2/h11-15H,3-10H2,1-2H3. The third-order valence-electron chi connectivity index (χ3n) is 4.22. The summed E-state index contributed by atoms with van der Waals surface area (Å²) in [7, 11) is 0. The first-order valence-corrected chi connectivity index (χ1v) is 8.46.